The average molecular weight is 205 g/mol. The van der Waals surface area contributed by atoms with Gasteiger partial charge in [-0.25, -0.2) is 0 Å². The Balaban J connectivity index is 2.37. The van der Waals surface area contributed by atoms with E-state index < -0.39 is 6.10 Å². The third-order valence-electron chi connectivity index (χ3n) is 2.43. The summed E-state index contributed by atoms with van der Waals surface area (Å²) >= 11 is 0. The fourth-order valence-electron chi connectivity index (χ4n) is 1.50. The number of aliphatic hydroxyl groups excluding tert-OH is 1. The first-order chi connectivity index (χ1) is 7.24. The van der Waals surface area contributed by atoms with E-state index in [4.69, 9.17) is 5.73 Å². The molecule has 0 unspecified atom stereocenters. The lowest BCUT2D eigenvalue weighted by molar-refractivity contribution is 0.151. The maximum Gasteiger partial charge on any atom is 0.0730 e. The van der Waals surface area contributed by atoms with Crippen molar-refractivity contribution in [3.8, 4) is 0 Å². The summed E-state index contributed by atoms with van der Waals surface area (Å²) in [7, 11) is 0. The topological polar surface area (TPSA) is 46.2 Å². The predicted molar refractivity (Wildman–Crippen MR) is 63.6 cm³/mol. The monoisotopic (exact) mass is 205 g/mol. The average Bonchev–Trinajstić information content (AvgIpc) is 2.27. The second kappa shape index (κ2) is 6.38. The van der Waals surface area contributed by atoms with Gasteiger partial charge in [0.05, 0.1) is 6.10 Å². The molecule has 82 valence electrons. The van der Waals surface area contributed by atoms with Crippen LogP contribution in [0.25, 0.3) is 0 Å². The molecule has 1 aromatic carbocycles. The summed E-state index contributed by atoms with van der Waals surface area (Å²) in [6, 6.07) is 9.88. The maximum absolute atomic E-state index is 9.73. The molecule has 0 aromatic heterocycles. The van der Waals surface area contributed by atoms with E-state index in [-0.39, 0.29) is 6.04 Å². The molecule has 1 aromatic rings. The molecule has 0 bridgehead atoms. The van der Waals surface area contributed by atoms with Gasteiger partial charge in [-0.15, -0.1) is 0 Å². The summed E-state index contributed by atoms with van der Waals surface area (Å²) in [6.07, 6.45) is 4.82. The second-order valence-corrected chi connectivity index (χ2v) is 3.69. The number of nitrogens with two attached hydrogens (primary N) is 1. The number of aliphatic hydroxyl groups is 1. The van der Waals surface area contributed by atoms with Gasteiger partial charge in [-0.3, -0.25) is 0 Å². The lowest BCUT2D eigenvalue weighted by Gasteiger charge is -2.15. The molecule has 0 aliphatic heterocycles. The van der Waals surface area contributed by atoms with Crippen molar-refractivity contribution in [2.75, 3.05) is 0 Å². The first-order valence-corrected chi connectivity index (χ1v) is 5.34. The largest absolute Gasteiger partial charge is 0.391 e. The summed E-state index contributed by atoms with van der Waals surface area (Å²) in [5.41, 5.74) is 7.00. The van der Waals surface area contributed by atoms with Crippen molar-refractivity contribution < 1.29 is 5.11 Å². The van der Waals surface area contributed by atoms with Crippen molar-refractivity contribution in [1.82, 2.24) is 0 Å². The van der Waals surface area contributed by atoms with Crippen LogP contribution in [0.4, 0.5) is 0 Å². The Kier molecular flexibility index (Phi) is 5.08. The van der Waals surface area contributed by atoms with E-state index in [1.54, 1.807) is 0 Å². The molecule has 0 saturated carbocycles. The van der Waals surface area contributed by atoms with Gasteiger partial charge in [0, 0.05) is 6.04 Å². The highest BCUT2D eigenvalue weighted by Crippen LogP contribution is 2.07. The number of hydrogen-bond acceptors (Lipinski definition) is 2. The van der Waals surface area contributed by atoms with E-state index in [1.165, 1.54) is 5.56 Å². The van der Waals surface area contributed by atoms with Gasteiger partial charge in [-0.2, -0.15) is 0 Å². The lowest BCUT2D eigenvalue weighted by Crippen LogP contribution is -2.32. The van der Waals surface area contributed by atoms with Crippen LogP contribution in [0.2, 0.25) is 0 Å². The highest BCUT2D eigenvalue weighted by molar-refractivity contribution is 5.14. The normalized spacial score (nSPS) is 15.4. The molecule has 2 nitrogen and oxygen atoms in total. The zero-order chi connectivity index (χ0) is 11.1. The van der Waals surface area contributed by atoms with Crippen molar-refractivity contribution in [2.24, 2.45) is 5.73 Å². The van der Waals surface area contributed by atoms with Crippen molar-refractivity contribution in [3.63, 3.8) is 0 Å². The Morgan fingerprint density at radius 1 is 1.33 bits per heavy atom. The molecule has 0 saturated heterocycles. The Bertz CT molecular complexity index is 295. The number of benzene rings is 1. The van der Waals surface area contributed by atoms with Gasteiger partial charge >= 0.3 is 0 Å². The van der Waals surface area contributed by atoms with Crippen LogP contribution in [-0.2, 0) is 6.42 Å². The van der Waals surface area contributed by atoms with Crippen molar-refractivity contribution in [2.45, 2.75) is 31.9 Å². The molecule has 3 N–H and O–H groups in total. The van der Waals surface area contributed by atoms with Crippen molar-refractivity contribution in [3.05, 3.63) is 48.0 Å². The van der Waals surface area contributed by atoms with Gasteiger partial charge in [0.1, 0.15) is 0 Å². The Labute approximate surface area is 91.4 Å². The van der Waals surface area contributed by atoms with Gasteiger partial charge in [-0.05, 0) is 25.3 Å². The highest BCUT2D eigenvalue weighted by atomic mass is 16.3. The quantitative estimate of drug-likeness (QED) is 0.721. The van der Waals surface area contributed by atoms with Gasteiger partial charge in [0.2, 0.25) is 0 Å². The maximum atomic E-state index is 9.73. The Morgan fingerprint density at radius 2 is 2.00 bits per heavy atom. The summed E-state index contributed by atoms with van der Waals surface area (Å²) in [4.78, 5) is 0. The van der Waals surface area contributed by atoms with E-state index in [0.717, 1.165) is 6.42 Å². The molecule has 15 heavy (non-hydrogen) atoms. The lowest BCUT2D eigenvalue weighted by atomic mass is 10.0. The zero-order valence-electron chi connectivity index (χ0n) is 9.13. The van der Waals surface area contributed by atoms with E-state index in [2.05, 4.69) is 12.1 Å². The van der Waals surface area contributed by atoms with Crippen molar-refractivity contribution >= 4 is 0 Å². The molecule has 2 heteroatoms. The predicted octanol–water partition coefficient (Wildman–Crippen LogP) is 1.88. The number of aryl methyl sites for hydroxylation is 1. The van der Waals surface area contributed by atoms with Crippen LogP contribution in [-0.4, -0.2) is 17.3 Å². The van der Waals surface area contributed by atoms with Gasteiger partial charge in [-0.1, -0.05) is 42.5 Å². The molecule has 0 radical (unpaired) electrons. The van der Waals surface area contributed by atoms with Crippen LogP contribution in [0.5, 0.6) is 0 Å². The Morgan fingerprint density at radius 3 is 2.60 bits per heavy atom. The molecular formula is C13H19NO. The zero-order valence-corrected chi connectivity index (χ0v) is 9.13. The van der Waals surface area contributed by atoms with Crippen LogP contribution >= 0.6 is 0 Å². The molecular weight excluding hydrogens is 186 g/mol. The van der Waals surface area contributed by atoms with Crippen LogP contribution in [0.3, 0.4) is 0 Å². The minimum atomic E-state index is -0.457. The van der Waals surface area contributed by atoms with Crippen LogP contribution < -0.4 is 5.73 Å². The smallest absolute Gasteiger partial charge is 0.0730 e. The SMILES string of the molecule is C/C=C\[C@@H](N)[C@@H](O)CCc1ccccc1. The first-order valence-electron chi connectivity index (χ1n) is 5.34. The summed E-state index contributed by atoms with van der Waals surface area (Å²) in [5, 5.41) is 9.73. The standard InChI is InChI=1S/C13H19NO/c1-2-6-12(14)13(15)10-9-11-7-4-3-5-8-11/h2-8,12-13,15H,9-10,14H2,1H3/b6-2-/t12-,13+/m1/s1. The van der Waals surface area contributed by atoms with E-state index in [1.807, 2.05) is 37.3 Å². The molecule has 0 aliphatic carbocycles. The number of allylic oxidation sites excluding steroid dienone is 1. The summed E-state index contributed by atoms with van der Waals surface area (Å²) in [5.74, 6) is 0. The fourth-order valence-corrected chi connectivity index (χ4v) is 1.50. The van der Waals surface area contributed by atoms with Crippen LogP contribution in [0.1, 0.15) is 18.9 Å². The van der Waals surface area contributed by atoms with Gasteiger partial charge < -0.3 is 10.8 Å². The summed E-state index contributed by atoms with van der Waals surface area (Å²) in [6.45, 7) is 1.91. The summed E-state index contributed by atoms with van der Waals surface area (Å²) < 4.78 is 0. The molecule has 0 aliphatic rings. The molecule has 0 fully saturated rings. The minimum absolute atomic E-state index is 0.251. The van der Waals surface area contributed by atoms with E-state index in [9.17, 15) is 5.11 Å². The van der Waals surface area contributed by atoms with Crippen LogP contribution in [0, 0.1) is 0 Å². The van der Waals surface area contributed by atoms with Crippen molar-refractivity contribution in [1.29, 1.82) is 0 Å². The van der Waals surface area contributed by atoms with E-state index in [0.29, 0.717) is 6.42 Å². The first kappa shape index (κ1) is 12.0. The fraction of sp³-hybridized carbons (Fsp3) is 0.385. The van der Waals surface area contributed by atoms with Gasteiger partial charge in [0.15, 0.2) is 0 Å². The number of hydrogen-bond donors (Lipinski definition) is 2. The van der Waals surface area contributed by atoms with Crippen LogP contribution in [0.15, 0.2) is 42.5 Å². The Hall–Kier alpha value is -1.12. The molecule has 0 amide bonds. The molecule has 2 atom stereocenters. The van der Waals surface area contributed by atoms with E-state index >= 15 is 0 Å². The second-order valence-electron chi connectivity index (χ2n) is 3.69. The molecule has 0 spiro atoms. The highest BCUT2D eigenvalue weighted by Gasteiger charge is 2.10. The molecule has 0 heterocycles. The molecule has 1 rings (SSSR count). The van der Waals surface area contributed by atoms with Gasteiger partial charge in [0.25, 0.3) is 0 Å². The minimum Gasteiger partial charge on any atom is -0.391 e. The number of rotatable bonds is 5. The third kappa shape index (κ3) is 4.28. The third-order valence-corrected chi connectivity index (χ3v) is 2.43.